The Hall–Kier alpha value is -2.61. The topological polar surface area (TPSA) is 132 Å². The summed E-state index contributed by atoms with van der Waals surface area (Å²) in [6.07, 6.45) is 0.698. The number of amides is 2. The Labute approximate surface area is 216 Å². The summed E-state index contributed by atoms with van der Waals surface area (Å²) in [5.74, 6) is -1.33. The number of nitrogens with zero attached hydrogens (tertiary/aromatic N) is 3. The number of nitrogens with one attached hydrogen (secondary N) is 2. The maximum atomic E-state index is 13.4. The van der Waals surface area contributed by atoms with Gasteiger partial charge in [-0.3, -0.25) is 14.8 Å². The molecule has 1 saturated heterocycles. The molecule has 2 atom stereocenters. The highest BCUT2D eigenvalue weighted by Crippen LogP contribution is 2.28. The Morgan fingerprint density at radius 2 is 1.94 bits per heavy atom. The molecular formula is C23H24ClN5O5S2. The van der Waals surface area contributed by atoms with Gasteiger partial charge in [0.25, 0.3) is 11.8 Å². The molecule has 13 heteroatoms. The number of fused-ring (bicyclic) bond motifs is 2. The third-order valence-electron chi connectivity index (χ3n) is 6.50. The monoisotopic (exact) mass is 549 g/mol. The average molecular weight is 550 g/mol. The fraction of sp³-hybridized carbons (Fsp3) is 0.348. The van der Waals surface area contributed by atoms with Gasteiger partial charge in [-0.1, -0.05) is 23.7 Å². The maximum Gasteiger partial charge on any atom is 0.283 e. The molecule has 0 radical (unpaired) electrons. The van der Waals surface area contributed by atoms with E-state index in [2.05, 4.69) is 10.3 Å². The van der Waals surface area contributed by atoms with E-state index in [1.807, 2.05) is 6.92 Å². The highest BCUT2D eigenvalue weighted by molar-refractivity contribution is 7.89. The summed E-state index contributed by atoms with van der Waals surface area (Å²) >= 11 is 7.29. The first-order valence-corrected chi connectivity index (χ1v) is 14.0. The number of halogens is 1. The van der Waals surface area contributed by atoms with E-state index in [-0.39, 0.29) is 35.6 Å². The lowest BCUT2D eigenvalue weighted by atomic mass is 10.1. The summed E-state index contributed by atoms with van der Waals surface area (Å²) in [4.78, 5) is 32.7. The van der Waals surface area contributed by atoms with Gasteiger partial charge >= 0.3 is 0 Å². The molecule has 2 aromatic carbocycles. The molecule has 3 heterocycles. The SMILES string of the molecule is CC1Cc2nc(C(=O)N3CCN(S(=O)(=O)c4ccc5cc(Cl)ccc5c4)CC3C(=O)NO)sc2CN1. The van der Waals surface area contributed by atoms with Crippen LogP contribution in [0.3, 0.4) is 0 Å². The summed E-state index contributed by atoms with van der Waals surface area (Å²) in [5.41, 5.74) is 2.43. The Morgan fingerprint density at radius 3 is 2.72 bits per heavy atom. The predicted molar refractivity (Wildman–Crippen MR) is 135 cm³/mol. The van der Waals surface area contributed by atoms with Gasteiger partial charge < -0.3 is 10.2 Å². The number of hydroxylamine groups is 1. The molecule has 0 bridgehead atoms. The third kappa shape index (κ3) is 4.60. The quantitative estimate of drug-likeness (QED) is 0.335. The number of piperazine rings is 1. The Bertz CT molecular complexity index is 1460. The van der Waals surface area contributed by atoms with Crippen molar-refractivity contribution in [1.29, 1.82) is 0 Å². The first-order valence-electron chi connectivity index (χ1n) is 11.3. The number of carbonyl (C=O) groups excluding carboxylic acids is 2. The summed E-state index contributed by atoms with van der Waals surface area (Å²) in [6, 6.07) is 8.90. The van der Waals surface area contributed by atoms with E-state index in [0.29, 0.717) is 23.4 Å². The van der Waals surface area contributed by atoms with Crippen LogP contribution in [0, 0.1) is 0 Å². The van der Waals surface area contributed by atoms with E-state index in [4.69, 9.17) is 11.6 Å². The van der Waals surface area contributed by atoms with Crippen molar-refractivity contribution in [3.8, 4) is 0 Å². The summed E-state index contributed by atoms with van der Waals surface area (Å²) in [6.45, 7) is 2.31. The first kappa shape index (κ1) is 25.1. The van der Waals surface area contributed by atoms with Gasteiger partial charge in [-0.25, -0.2) is 18.9 Å². The number of sulfonamides is 1. The normalized spacial score (nSPS) is 20.8. The molecule has 2 aliphatic heterocycles. The molecule has 2 amide bonds. The van der Waals surface area contributed by atoms with E-state index in [0.717, 1.165) is 20.3 Å². The lowest BCUT2D eigenvalue weighted by Gasteiger charge is -2.39. The Balaban J connectivity index is 1.40. The van der Waals surface area contributed by atoms with Crippen LogP contribution in [0.15, 0.2) is 41.3 Å². The zero-order valence-corrected chi connectivity index (χ0v) is 21.7. The summed E-state index contributed by atoms with van der Waals surface area (Å²) in [5, 5.41) is 14.9. The zero-order chi connectivity index (χ0) is 25.6. The lowest BCUT2D eigenvalue weighted by Crippen LogP contribution is -2.61. The van der Waals surface area contributed by atoms with Crippen molar-refractivity contribution in [1.82, 2.24) is 25.0 Å². The van der Waals surface area contributed by atoms with Crippen LogP contribution < -0.4 is 10.8 Å². The highest BCUT2D eigenvalue weighted by atomic mass is 35.5. The van der Waals surface area contributed by atoms with E-state index < -0.39 is 27.9 Å². The van der Waals surface area contributed by atoms with Crippen molar-refractivity contribution >= 4 is 55.5 Å². The number of thiazole rings is 1. The number of rotatable bonds is 4. The lowest BCUT2D eigenvalue weighted by molar-refractivity contribution is -0.135. The van der Waals surface area contributed by atoms with Crippen molar-refractivity contribution in [2.45, 2.75) is 36.9 Å². The highest BCUT2D eigenvalue weighted by Gasteiger charge is 2.41. The van der Waals surface area contributed by atoms with Crippen LogP contribution in [-0.2, 0) is 27.8 Å². The number of carbonyl (C=O) groups is 2. The molecule has 0 saturated carbocycles. The van der Waals surface area contributed by atoms with Crippen LogP contribution in [0.4, 0.5) is 0 Å². The van der Waals surface area contributed by atoms with E-state index in [1.165, 1.54) is 22.3 Å². The van der Waals surface area contributed by atoms with Gasteiger partial charge in [-0.2, -0.15) is 4.31 Å². The number of hydrogen-bond donors (Lipinski definition) is 3. The number of aromatic nitrogens is 1. The molecule has 0 aliphatic carbocycles. The zero-order valence-electron chi connectivity index (χ0n) is 19.3. The van der Waals surface area contributed by atoms with E-state index in [9.17, 15) is 23.2 Å². The average Bonchev–Trinajstić information content (AvgIpc) is 3.30. The second kappa shape index (κ2) is 9.69. The molecule has 1 fully saturated rings. The van der Waals surface area contributed by atoms with Gasteiger partial charge in [0.05, 0.1) is 10.6 Å². The van der Waals surface area contributed by atoms with Crippen LogP contribution in [0.5, 0.6) is 0 Å². The molecule has 3 N–H and O–H groups in total. The molecule has 36 heavy (non-hydrogen) atoms. The minimum absolute atomic E-state index is 0.00832. The van der Waals surface area contributed by atoms with Crippen LogP contribution in [0.1, 0.15) is 27.3 Å². The largest absolute Gasteiger partial charge is 0.322 e. The predicted octanol–water partition coefficient (Wildman–Crippen LogP) is 2.00. The number of hydrogen-bond acceptors (Lipinski definition) is 8. The van der Waals surface area contributed by atoms with Gasteiger partial charge in [0, 0.05) is 48.5 Å². The van der Waals surface area contributed by atoms with Crippen LogP contribution in [0.25, 0.3) is 10.8 Å². The van der Waals surface area contributed by atoms with Crippen molar-refractivity contribution < 1.29 is 23.2 Å². The first-order chi connectivity index (χ1) is 17.2. The molecule has 2 unspecified atom stereocenters. The van der Waals surface area contributed by atoms with Crippen molar-refractivity contribution in [3.05, 3.63) is 57.0 Å². The van der Waals surface area contributed by atoms with E-state index in [1.54, 1.807) is 35.8 Å². The fourth-order valence-corrected chi connectivity index (χ4v) is 7.20. The molecule has 5 rings (SSSR count). The van der Waals surface area contributed by atoms with Crippen LogP contribution in [-0.4, -0.2) is 71.3 Å². The number of benzene rings is 2. The fourth-order valence-electron chi connectivity index (χ4n) is 4.55. The second-order valence-electron chi connectivity index (χ2n) is 8.88. The van der Waals surface area contributed by atoms with Crippen molar-refractivity contribution in [2.75, 3.05) is 19.6 Å². The Kier molecular flexibility index (Phi) is 6.74. The maximum absolute atomic E-state index is 13.4. The molecule has 3 aromatic rings. The van der Waals surface area contributed by atoms with Crippen LogP contribution in [0.2, 0.25) is 5.02 Å². The molecular weight excluding hydrogens is 526 g/mol. The smallest absolute Gasteiger partial charge is 0.283 e. The van der Waals surface area contributed by atoms with Crippen LogP contribution >= 0.6 is 22.9 Å². The molecule has 190 valence electrons. The standard InChI is InChI=1S/C23H24ClN5O5S2/c1-13-8-18-20(11-25-13)35-22(26-18)23(31)29-7-6-28(12-19(29)21(30)27-32)36(33,34)17-5-3-14-9-16(24)4-2-15(14)10-17/h2-5,9-10,13,19,25,32H,6-8,11-12H2,1H3,(H,27,30). The Morgan fingerprint density at radius 1 is 1.19 bits per heavy atom. The van der Waals surface area contributed by atoms with Crippen molar-refractivity contribution in [2.24, 2.45) is 0 Å². The molecule has 1 aromatic heterocycles. The molecule has 2 aliphatic rings. The minimum atomic E-state index is -3.98. The third-order valence-corrected chi connectivity index (χ3v) is 9.68. The van der Waals surface area contributed by atoms with Gasteiger partial charge in [-0.05, 0) is 42.0 Å². The van der Waals surface area contributed by atoms with Gasteiger partial charge in [0.15, 0.2) is 5.01 Å². The van der Waals surface area contributed by atoms with Crippen molar-refractivity contribution in [3.63, 3.8) is 0 Å². The summed E-state index contributed by atoms with van der Waals surface area (Å²) < 4.78 is 28.1. The second-order valence-corrected chi connectivity index (χ2v) is 12.3. The summed E-state index contributed by atoms with van der Waals surface area (Å²) in [7, 11) is -3.98. The minimum Gasteiger partial charge on any atom is -0.322 e. The molecule has 0 spiro atoms. The molecule has 10 nitrogen and oxygen atoms in total. The van der Waals surface area contributed by atoms with Gasteiger partial charge in [0.2, 0.25) is 10.0 Å². The van der Waals surface area contributed by atoms with Gasteiger partial charge in [-0.15, -0.1) is 11.3 Å². The van der Waals surface area contributed by atoms with Gasteiger partial charge in [0.1, 0.15) is 6.04 Å². The van der Waals surface area contributed by atoms with E-state index >= 15 is 0 Å².